The number of nitrogens with one attached hydrogen (secondary N) is 3. The van der Waals surface area contributed by atoms with Gasteiger partial charge in [0.05, 0.1) is 19.8 Å². The molecular weight excluding hydrogens is 354 g/mol. The molecule has 0 aliphatic heterocycles. The fraction of sp³-hybridized carbons (Fsp3) is 0.136. The van der Waals surface area contributed by atoms with Gasteiger partial charge in [-0.2, -0.15) is 0 Å². The topological polar surface area (TPSA) is 71.6 Å². The van der Waals surface area contributed by atoms with Crippen LogP contribution in [-0.2, 0) is 6.54 Å². The first kappa shape index (κ1) is 19.1. The van der Waals surface area contributed by atoms with E-state index in [2.05, 4.69) is 16.0 Å². The van der Waals surface area contributed by atoms with Crippen molar-refractivity contribution in [2.45, 2.75) is 6.54 Å². The molecule has 0 spiro atoms. The first-order chi connectivity index (χ1) is 13.7. The van der Waals surface area contributed by atoms with Crippen LogP contribution in [-0.4, -0.2) is 20.3 Å². The lowest BCUT2D eigenvalue weighted by molar-refractivity contribution is 0.262. The Bertz CT molecular complexity index is 890. The Kier molecular flexibility index (Phi) is 6.36. The highest BCUT2D eigenvalue weighted by Gasteiger charge is 2.09. The number of carbonyl (C=O) groups excluding carboxylic acids is 1. The van der Waals surface area contributed by atoms with Gasteiger partial charge in [0.2, 0.25) is 0 Å². The standard InChI is InChI=1S/C22H23N3O3/c1-27-20-9-6-10-21(28-2)19(20)15-23-16-11-13-18(14-12-16)25-22(26)24-17-7-4-3-5-8-17/h3-14,23H,15H2,1-2H3,(H2,24,25,26). The Morgan fingerprint density at radius 1 is 0.714 bits per heavy atom. The van der Waals surface area contributed by atoms with Crippen LogP contribution in [0.5, 0.6) is 11.5 Å². The van der Waals surface area contributed by atoms with Gasteiger partial charge in [0.1, 0.15) is 11.5 Å². The highest BCUT2D eigenvalue weighted by molar-refractivity contribution is 5.99. The van der Waals surface area contributed by atoms with E-state index in [1.54, 1.807) is 14.2 Å². The molecule has 0 aliphatic carbocycles. The summed E-state index contributed by atoms with van der Waals surface area (Å²) in [7, 11) is 3.28. The molecule has 0 aliphatic rings. The van der Waals surface area contributed by atoms with E-state index in [9.17, 15) is 4.79 Å². The molecule has 0 unspecified atom stereocenters. The quantitative estimate of drug-likeness (QED) is 0.544. The second-order valence-corrected chi connectivity index (χ2v) is 6.02. The number of urea groups is 1. The van der Waals surface area contributed by atoms with Crippen LogP contribution in [0.3, 0.4) is 0 Å². The van der Waals surface area contributed by atoms with Gasteiger partial charge in [-0.15, -0.1) is 0 Å². The zero-order valence-corrected chi connectivity index (χ0v) is 15.9. The fourth-order valence-electron chi connectivity index (χ4n) is 2.78. The van der Waals surface area contributed by atoms with Crippen molar-refractivity contribution in [3.05, 3.63) is 78.4 Å². The van der Waals surface area contributed by atoms with Crippen molar-refractivity contribution in [3.63, 3.8) is 0 Å². The van der Waals surface area contributed by atoms with E-state index >= 15 is 0 Å². The van der Waals surface area contributed by atoms with Crippen molar-refractivity contribution < 1.29 is 14.3 Å². The third-order valence-corrected chi connectivity index (χ3v) is 4.17. The molecule has 0 fully saturated rings. The number of methoxy groups -OCH3 is 2. The third-order valence-electron chi connectivity index (χ3n) is 4.17. The summed E-state index contributed by atoms with van der Waals surface area (Å²) < 4.78 is 10.8. The van der Waals surface area contributed by atoms with E-state index in [4.69, 9.17) is 9.47 Å². The van der Waals surface area contributed by atoms with Crippen LogP contribution >= 0.6 is 0 Å². The van der Waals surface area contributed by atoms with Gasteiger partial charge in [-0.05, 0) is 48.5 Å². The maximum atomic E-state index is 12.1. The number of rotatable bonds is 7. The van der Waals surface area contributed by atoms with Crippen molar-refractivity contribution in [1.82, 2.24) is 0 Å². The number of hydrogen-bond donors (Lipinski definition) is 3. The molecule has 0 aromatic heterocycles. The Morgan fingerprint density at radius 3 is 1.82 bits per heavy atom. The molecule has 0 bridgehead atoms. The number of ether oxygens (including phenoxy) is 2. The maximum Gasteiger partial charge on any atom is 0.323 e. The summed E-state index contributed by atoms with van der Waals surface area (Å²) in [5, 5.41) is 8.94. The van der Waals surface area contributed by atoms with Crippen LogP contribution in [0, 0.1) is 0 Å². The third kappa shape index (κ3) is 4.94. The highest BCUT2D eigenvalue weighted by Crippen LogP contribution is 2.29. The molecule has 6 nitrogen and oxygen atoms in total. The minimum atomic E-state index is -0.286. The van der Waals surface area contributed by atoms with Gasteiger partial charge in [-0.25, -0.2) is 4.79 Å². The highest BCUT2D eigenvalue weighted by atomic mass is 16.5. The molecule has 0 radical (unpaired) electrons. The molecule has 0 atom stereocenters. The summed E-state index contributed by atoms with van der Waals surface area (Å²) in [5.41, 5.74) is 3.30. The molecule has 28 heavy (non-hydrogen) atoms. The maximum absolute atomic E-state index is 12.1. The predicted octanol–water partition coefficient (Wildman–Crippen LogP) is 4.96. The first-order valence-corrected chi connectivity index (χ1v) is 8.86. The van der Waals surface area contributed by atoms with E-state index in [0.717, 1.165) is 28.4 Å². The lowest BCUT2D eigenvalue weighted by atomic mass is 10.1. The monoisotopic (exact) mass is 377 g/mol. The van der Waals surface area contributed by atoms with Crippen LogP contribution in [0.2, 0.25) is 0 Å². The van der Waals surface area contributed by atoms with Gasteiger partial charge < -0.3 is 25.4 Å². The summed E-state index contributed by atoms with van der Waals surface area (Å²) in [6.45, 7) is 0.550. The largest absolute Gasteiger partial charge is 0.496 e. The van der Waals surface area contributed by atoms with Gasteiger partial charge in [-0.3, -0.25) is 0 Å². The minimum Gasteiger partial charge on any atom is -0.496 e. The van der Waals surface area contributed by atoms with Gasteiger partial charge in [-0.1, -0.05) is 24.3 Å². The predicted molar refractivity (Wildman–Crippen MR) is 112 cm³/mol. The van der Waals surface area contributed by atoms with Gasteiger partial charge >= 0.3 is 6.03 Å². The first-order valence-electron chi connectivity index (χ1n) is 8.86. The average molecular weight is 377 g/mol. The summed E-state index contributed by atoms with van der Waals surface area (Å²) in [4.78, 5) is 12.1. The SMILES string of the molecule is COc1cccc(OC)c1CNc1ccc(NC(=O)Nc2ccccc2)cc1. The zero-order valence-electron chi connectivity index (χ0n) is 15.9. The second kappa shape index (κ2) is 9.32. The molecule has 6 heteroatoms. The van der Waals surface area contributed by atoms with E-state index in [0.29, 0.717) is 12.2 Å². The minimum absolute atomic E-state index is 0.286. The Balaban J connectivity index is 1.58. The number of hydrogen-bond acceptors (Lipinski definition) is 4. The van der Waals surface area contributed by atoms with Crippen LogP contribution in [0.25, 0.3) is 0 Å². The Labute approximate surface area is 164 Å². The summed E-state index contributed by atoms with van der Waals surface area (Å²) in [6.07, 6.45) is 0. The Morgan fingerprint density at radius 2 is 1.25 bits per heavy atom. The molecule has 0 heterocycles. The molecule has 0 saturated carbocycles. The number of benzene rings is 3. The van der Waals surface area contributed by atoms with E-state index in [1.807, 2.05) is 72.8 Å². The molecule has 3 aromatic carbocycles. The van der Waals surface area contributed by atoms with Gasteiger partial charge in [0, 0.05) is 23.6 Å². The van der Waals surface area contributed by atoms with Crippen LogP contribution in [0.15, 0.2) is 72.8 Å². The number of amides is 2. The van der Waals surface area contributed by atoms with Crippen molar-refractivity contribution in [2.24, 2.45) is 0 Å². The number of anilines is 3. The lowest BCUT2D eigenvalue weighted by Gasteiger charge is -2.14. The van der Waals surface area contributed by atoms with Gasteiger partial charge in [0.25, 0.3) is 0 Å². The average Bonchev–Trinajstić information content (AvgIpc) is 2.73. The van der Waals surface area contributed by atoms with Crippen molar-refractivity contribution in [2.75, 3.05) is 30.2 Å². The normalized spacial score (nSPS) is 10.1. The second-order valence-electron chi connectivity index (χ2n) is 6.02. The van der Waals surface area contributed by atoms with E-state index in [1.165, 1.54) is 0 Å². The van der Waals surface area contributed by atoms with Crippen LogP contribution in [0.1, 0.15) is 5.56 Å². The summed E-state index contributed by atoms with van der Waals surface area (Å²) in [5.74, 6) is 1.53. The van der Waals surface area contributed by atoms with Gasteiger partial charge in [0.15, 0.2) is 0 Å². The van der Waals surface area contributed by atoms with Crippen LogP contribution < -0.4 is 25.4 Å². The van der Waals surface area contributed by atoms with Crippen molar-refractivity contribution >= 4 is 23.1 Å². The molecular formula is C22H23N3O3. The van der Waals surface area contributed by atoms with E-state index in [-0.39, 0.29) is 6.03 Å². The summed E-state index contributed by atoms with van der Waals surface area (Å²) >= 11 is 0. The Hall–Kier alpha value is -3.67. The zero-order chi connectivity index (χ0) is 19.8. The van der Waals surface area contributed by atoms with E-state index < -0.39 is 0 Å². The number of para-hydroxylation sites is 1. The molecule has 144 valence electrons. The molecule has 3 N–H and O–H groups in total. The van der Waals surface area contributed by atoms with Crippen molar-refractivity contribution in [1.29, 1.82) is 0 Å². The molecule has 0 saturated heterocycles. The fourth-order valence-corrected chi connectivity index (χ4v) is 2.78. The smallest absolute Gasteiger partial charge is 0.323 e. The van der Waals surface area contributed by atoms with Crippen LogP contribution in [0.4, 0.5) is 21.9 Å². The lowest BCUT2D eigenvalue weighted by Crippen LogP contribution is -2.19. The number of carbonyl (C=O) groups is 1. The molecule has 3 aromatic rings. The summed E-state index contributed by atoms with van der Waals surface area (Å²) in [6, 6.07) is 22.2. The van der Waals surface area contributed by atoms with Crippen molar-refractivity contribution in [3.8, 4) is 11.5 Å². The molecule has 2 amide bonds. The molecule has 3 rings (SSSR count).